The zero-order valence-electron chi connectivity index (χ0n) is 15.8. The summed E-state index contributed by atoms with van der Waals surface area (Å²) >= 11 is 0. The Balaban J connectivity index is 1.40. The maximum absolute atomic E-state index is 12.5. The van der Waals surface area contributed by atoms with Gasteiger partial charge < -0.3 is 9.88 Å². The molecule has 1 amide bonds. The Kier molecular flexibility index (Phi) is 5.07. The second kappa shape index (κ2) is 7.64. The molecule has 0 saturated carbocycles. The van der Waals surface area contributed by atoms with E-state index < -0.39 is 0 Å². The molecule has 2 aliphatic rings. The van der Waals surface area contributed by atoms with Gasteiger partial charge in [-0.2, -0.15) is 0 Å². The van der Waals surface area contributed by atoms with Crippen LogP contribution >= 0.6 is 0 Å². The largest absolute Gasteiger partial charge is 0.336 e. The van der Waals surface area contributed by atoms with E-state index in [1.54, 1.807) is 0 Å². The Morgan fingerprint density at radius 1 is 1.22 bits per heavy atom. The Bertz CT molecular complexity index is 939. The third-order valence-electron chi connectivity index (χ3n) is 5.59. The molecule has 4 rings (SSSR count). The van der Waals surface area contributed by atoms with Gasteiger partial charge in [-0.3, -0.25) is 19.5 Å². The minimum Gasteiger partial charge on any atom is -0.336 e. The average molecular weight is 366 g/mol. The molecule has 0 radical (unpaired) electrons. The summed E-state index contributed by atoms with van der Waals surface area (Å²) in [5, 5.41) is 0. The Labute approximate surface area is 158 Å². The van der Waals surface area contributed by atoms with Crippen molar-refractivity contribution in [3.63, 3.8) is 0 Å². The highest BCUT2D eigenvalue weighted by Gasteiger charge is 2.24. The summed E-state index contributed by atoms with van der Waals surface area (Å²) in [5.74, 6) is 0.226. The molecule has 1 aliphatic heterocycles. The van der Waals surface area contributed by atoms with Gasteiger partial charge in [0.05, 0.1) is 11.0 Å². The maximum Gasteiger partial charge on any atom is 0.251 e. The van der Waals surface area contributed by atoms with Crippen molar-refractivity contribution in [3.8, 4) is 0 Å². The van der Waals surface area contributed by atoms with Crippen LogP contribution in [0.2, 0.25) is 0 Å². The van der Waals surface area contributed by atoms with Gasteiger partial charge in [0.25, 0.3) is 5.56 Å². The molecule has 2 aromatic rings. The molecule has 0 bridgehead atoms. The van der Waals surface area contributed by atoms with Crippen molar-refractivity contribution in [1.82, 2.24) is 19.8 Å². The van der Waals surface area contributed by atoms with Crippen LogP contribution in [-0.4, -0.2) is 51.9 Å². The van der Waals surface area contributed by atoms with Gasteiger partial charge in [0.2, 0.25) is 5.91 Å². The summed E-state index contributed by atoms with van der Waals surface area (Å²) in [6.45, 7) is 6.02. The first-order chi connectivity index (χ1) is 13.1. The molecule has 0 unspecified atom stereocenters. The van der Waals surface area contributed by atoms with Gasteiger partial charge in [0.1, 0.15) is 0 Å². The monoisotopic (exact) mass is 366 g/mol. The number of amides is 1. The van der Waals surface area contributed by atoms with Crippen LogP contribution in [0.3, 0.4) is 0 Å². The molecular formula is C21H26N4O2. The quantitative estimate of drug-likeness (QED) is 0.901. The molecule has 3 heterocycles. The Morgan fingerprint density at radius 3 is 2.74 bits per heavy atom. The number of hydrogen-bond acceptors (Lipinski definition) is 4. The standard InChI is InChI=1S/C21H26N4O2/c1-2-16-12-18-19(23-20(16)26)11-15(13-22-18)14-24-7-9-25(10-8-24)21(27)17-5-3-4-6-17/h5,11-13H,2-4,6-10,14H2,1H3,(H,23,26). The van der Waals surface area contributed by atoms with E-state index in [1.165, 1.54) is 0 Å². The summed E-state index contributed by atoms with van der Waals surface area (Å²) in [6, 6.07) is 3.89. The number of carbonyl (C=O) groups is 1. The van der Waals surface area contributed by atoms with Crippen LogP contribution in [0.1, 0.15) is 37.3 Å². The second-order valence-corrected chi connectivity index (χ2v) is 7.44. The van der Waals surface area contributed by atoms with Gasteiger partial charge in [0.15, 0.2) is 0 Å². The van der Waals surface area contributed by atoms with E-state index in [0.29, 0.717) is 6.42 Å². The number of rotatable bonds is 4. The first kappa shape index (κ1) is 17.9. The van der Waals surface area contributed by atoms with E-state index in [-0.39, 0.29) is 11.5 Å². The van der Waals surface area contributed by atoms with Crippen molar-refractivity contribution in [1.29, 1.82) is 0 Å². The van der Waals surface area contributed by atoms with Crippen molar-refractivity contribution in [2.24, 2.45) is 0 Å². The summed E-state index contributed by atoms with van der Waals surface area (Å²) in [4.78, 5) is 36.3. The fraction of sp³-hybridized carbons (Fsp3) is 0.476. The average Bonchev–Trinajstić information content (AvgIpc) is 3.22. The van der Waals surface area contributed by atoms with Gasteiger partial charge in [-0.15, -0.1) is 0 Å². The van der Waals surface area contributed by atoms with E-state index in [4.69, 9.17) is 0 Å². The van der Waals surface area contributed by atoms with Gasteiger partial charge in [-0.1, -0.05) is 13.0 Å². The van der Waals surface area contributed by atoms with Gasteiger partial charge in [0, 0.05) is 50.1 Å². The number of nitrogens with zero attached hydrogens (tertiary/aromatic N) is 3. The van der Waals surface area contributed by atoms with Crippen molar-refractivity contribution < 1.29 is 4.79 Å². The van der Waals surface area contributed by atoms with Crippen LogP contribution in [0.25, 0.3) is 11.0 Å². The van der Waals surface area contributed by atoms with Crippen LogP contribution in [-0.2, 0) is 17.8 Å². The number of aromatic nitrogens is 2. The first-order valence-corrected chi connectivity index (χ1v) is 9.85. The van der Waals surface area contributed by atoms with Crippen LogP contribution in [0, 0.1) is 0 Å². The van der Waals surface area contributed by atoms with E-state index >= 15 is 0 Å². The molecule has 0 spiro atoms. The maximum atomic E-state index is 12.5. The number of aryl methyl sites for hydroxylation is 1. The predicted molar refractivity (Wildman–Crippen MR) is 106 cm³/mol. The molecular weight excluding hydrogens is 340 g/mol. The van der Waals surface area contributed by atoms with Crippen molar-refractivity contribution in [3.05, 3.63) is 51.5 Å². The molecule has 2 aromatic heterocycles. The normalized spacial score (nSPS) is 18.1. The molecule has 27 heavy (non-hydrogen) atoms. The SMILES string of the molecule is CCc1cc2ncc(CN3CCN(C(=O)C4=CCCC4)CC3)cc2[nH]c1=O. The molecule has 142 valence electrons. The molecule has 6 heteroatoms. The number of hydrogen-bond donors (Lipinski definition) is 1. The number of pyridine rings is 2. The van der Waals surface area contributed by atoms with Crippen LogP contribution in [0.5, 0.6) is 0 Å². The number of piperazine rings is 1. The lowest BCUT2D eigenvalue weighted by Gasteiger charge is -2.35. The molecule has 0 aromatic carbocycles. The van der Waals surface area contributed by atoms with Gasteiger partial charge >= 0.3 is 0 Å². The molecule has 6 nitrogen and oxygen atoms in total. The highest BCUT2D eigenvalue weighted by atomic mass is 16.2. The Hall–Kier alpha value is -2.47. The van der Waals surface area contributed by atoms with E-state index in [0.717, 1.165) is 79.7 Å². The molecule has 0 atom stereocenters. The first-order valence-electron chi connectivity index (χ1n) is 9.85. The topological polar surface area (TPSA) is 69.3 Å². The number of aromatic amines is 1. The molecule has 1 aliphatic carbocycles. The third-order valence-corrected chi connectivity index (χ3v) is 5.59. The summed E-state index contributed by atoms with van der Waals surface area (Å²) in [7, 11) is 0. The predicted octanol–water partition coefficient (Wildman–Crippen LogP) is 2.24. The highest BCUT2D eigenvalue weighted by molar-refractivity contribution is 5.93. The van der Waals surface area contributed by atoms with Crippen molar-refractivity contribution in [2.75, 3.05) is 26.2 Å². The zero-order valence-corrected chi connectivity index (χ0v) is 15.8. The minimum absolute atomic E-state index is 0.0303. The summed E-state index contributed by atoms with van der Waals surface area (Å²) < 4.78 is 0. The summed E-state index contributed by atoms with van der Waals surface area (Å²) in [5.41, 5.74) is 4.43. The Morgan fingerprint density at radius 2 is 2.04 bits per heavy atom. The van der Waals surface area contributed by atoms with Crippen LogP contribution in [0.4, 0.5) is 0 Å². The number of carbonyl (C=O) groups excluding carboxylic acids is 1. The molecule has 1 N–H and O–H groups in total. The third kappa shape index (κ3) is 3.81. The van der Waals surface area contributed by atoms with Crippen molar-refractivity contribution >= 4 is 16.9 Å². The summed E-state index contributed by atoms with van der Waals surface area (Å²) in [6.07, 6.45) is 7.77. The van der Waals surface area contributed by atoms with E-state index in [2.05, 4.69) is 20.9 Å². The van der Waals surface area contributed by atoms with E-state index in [9.17, 15) is 9.59 Å². The van der Waals surface area contributed by atoms with Gasteiger partial charge in [-0.05, 0) is 43.4 Å². The van der Waals surface area contributed by atoms with Crippen LogP contribution < -0.4 is 5.56 Å². The molecule has 1 saturated heterocycles. The molecule has 1 fully saturated rings. The number of H-pyrrole nitrogens is 1. The zero-order chi connectivity index (χ0) is 18.8. The number of nitrogens with one attached hydrogen (secondary N) is 1. The lowest BCUT2D eigenvalue weighted by molar-refractivity contribution is -0.129. The van der Waals surface area contributed by atoms with E-state index in [1.807, 2.05) is 30.2 Å². The smallest absolute Gasteiger partial charge is 0.251 e. The number of fused-ring (bicyclic) bond motifs is 1. The number of allylic oxidation sites excluding steroid dienone is 1. The highest BCUT2D eigenvalue weighted by Crippen LogP contribution is 2.21. The fourth-order valence-corrected chi connectivity index (χ4v) is 3.95. The van der Waals surface area contributed by atoms with Crippen molar-refractivity contribution in [2.45, 2.75) is 39.2 Å². The lowest BCUT2D eigenvalue weighted by Crippen LogP contribution is -2.48. The second-order valence-electron chi connectivity index (χ2n) is 7.44. The van der Waals surface area contributed by atoms with Gasteiger partial charge in [-0.25, -0.2) is 0 Å². The minimum atomic E-state index is -0.0303. The lowest BCUT2D eigenvalue weighted by atomic mass is 10.1. The van der Waals surface area contributed by atoms with Crippen LogP contribution in [0.15, 0.2) is 34.8 Å². The fourth-order valence-electron chi connectivity index (χ4n) is 3.95.